The summed E-state index contributed by atoms with van der Waals surface area (Å²) in [5, 5.41) is 10.4. The van der Waals surface area contributed by atoms with Crippen molar-refractivity contribution in [2.45, 2.75) is 13.0 Å². The van der Waals surface area contributed by atoms with Gasteiger partial charge in [0, 0.05) is 42.7 Å². The summed E-state index contributed by atoms with van der Waals surface area (Å²) in [5.74, 6) is 0.783. The van der Waals surface area contributed by atoms with Gasteiger partial charge in [-0.15, -0.1) is 0 Å². The molecule has 0 aliphatic carbocycles. The lowest BCUT2D eigenvalue weighted by molar-refractivity contribution is 0.407. The van der Waals surface area contributed by atoms with E-state index < -0.39 is 0 Å². The predicted molar refractivity (Wildman–Crippen MR) is 98.5 cm³/mol. The molecule has 0 fully saturated rings. The second kappa shape index (κ2) is 8.15. The Balaban J connectivity index is 1.84. The van der Waals surface area contributed by atoms with Gasteiger partial charge < -0.3 is 14.4 Å². The van der Waals surface area contributed by atoms with Gasteiger partial charge in [-0.1, -0.05) is 30.3 Å². The molecule has 0 radical (unpaired) electrons. The summed E-state index contributed by atoms with van der Waals surface area (Å²) in [7, 11) is 1.58. The normalized spacial score (nSPS) is 11.5. The van der Waals surface area contributed by atoms with Gasteiger partial charge >= 0.3 is 0 Å². The number of aryl methyl sites for hydroxylation is 1. The van der Waals surface area contributed by atoms with Crippen LogP contribution in [0, 0.1) is 0 Å². The molecule has 0 bridgehead atoms. The van der Waals surface area contributed by atoms with E-state index in [9.17, 15) is 5.11 Å². The van der Waals surface area contributed by atoms with Gasteiger partial charge in [-0.25, -0.2) is 4.98 Å². The molecule has 1 N–H and O–H groups in total. The van der Waals surface area contributed by atoms with Gasteiger partial charge in [0.2, 0.25) is 0 Å². The highest BCUT2D eigenvalue weighted by molar-refractivity contribution is 6.14. The van der Waals surface area contributed by atoms with Crippen molar-refractivity contribution in [3.63, 3.8) is 0 Å². The van der Waals surface area contributed by atoms with Crippen LogP contribution in [0.1, 0.15) is 17.5 Å². The maximum Gasteiger partial charge on any atom is 0.128 e. The topological polar surface area (TPSA) is 59.6 Å². The molecule has 2 aromatic carbocycles. The summed E-state index contributed by atoms with van der Waals surface area (Å²) in [6.07, 6.45) is 6.41. The lowest BCUT2D eigenvalue weighted by atomic mass is 10.0. The second-order valence-electron chi connectivity index (χ2n) is 5.63. The minimum atomic E-state index is 0.163. The first-order valence-corrected chi connectivity index (χ1v) is 8.21. The fourth-order valence-electron chi connectivity index (χ4n) is 2.63. The molecular formula is C20H21N3O2. The Labute approximate surface area is 147 Å². The summed E-state index contributed by atoms with van der Waals surface area (Å²) < 4.78 is 7.20. The molecule has 5 nitrogen and oxygen atoms in total. The number of benzene rings is 2. The minimum absolute atomic E-state index is 0.163. The molecular weight excluding hydrogens is 314 g/mol. The van der Waals surface area contributed by atoms with Gasteiger partial charge in [-0.2, -0.15) is 0 Å². The molecule has 0 aliphatic heterocycles. The van der Waals surface area contributed by atoms with Crippen molar-refractivity contribution in [3.05, 3.63) is 78.4 Å². The molecule has 3 rings (SSSR count). The Morgan fingerprint density at radius 3 is 2.72 bits per heavy atom. The first-order chi connectivity index (χ1) is 12.3. The van der Waals surface area contributed by atoms with Crippen LogP contribution in [0.5, 0.6) is 11.5 Å². The van der Waals surface area contributed by atoms with Crippen molar-refractivity contribution in [2.24, 2.45) is 4.99 Å². The van der Waals surface area contributed by atoms with E-state index in [0.717, 1.165) is 24.2 Å². The maximum absolute atomic E-state index is 10.4. The average molecular weight is 335 g/mol. The van der Waals surface area contributed by atoms with Crippen LogP contribution >= 0.6 is 0 Å². The molecule has 1 aromatic heterocycles. The van der Waals surface area contributed by atoms with Crippen LogP contribution in [0.2, 0.25) is 0 Å². The number of hydrogen-bond acceptors (Lipinski definition) is 4. The van der Waals surface area contributed by atoms with Crippen molar-refractivity contribution >= 4 is 5.71 Å². The number of rotatable bonds is 7. The Bertz CT molecular complexity index is 827. The third-order valence-electron chi connectivity index (χ3n) is 3.91. The maximum atomic E-state index is 10.4. The van der Waals surface area contributed by atoms with Crippen LogP contribution in [-0.4, -0.2) is 34.0 Å². The zero-order valence-corrected chi connectivity index (χ0v) is 14.2. The zero-order valence-electron chi connectivity index (χ0n) is 14.2. The molecule has 5 heteroatoms. The first kappa shape index (κ1) is 16.8. The highest BCUT2D eigenvalue weighted by atomic mass is 16.5. The van der Waals surface area contributed by atoms with Crippen LogP contribution in [0.4, 0.5) is 0 Å². The van der Waals surface area contributed by atoms with Crippen molar-refractivity contribution in [1.29, 1.82) is 0 Å². The van der Waals surface area contributed by atoms with Gasteiger partial charge in [0.15, 0.2) is 0 Å². The SMILES string of the molecule is COc1ccc(C(=NCCCn2ccnc2)c2ccccc2)c(O)c1. The van der Waals surface area contributed by atoms with E-state index in [2.05, 4.69) is 4.98 Å². The summed E-state index contributed by atoms with van der Waals surface area (Å²) in [6, 6.07) is 15.2. The van der Waals surface area contributed by atoms with Crippen molar-refractivity contribution < 1.29 is 9.84 Å². The number of nitrogens with zero attached hydrogens (tertiary/aromatic N) is 3. The summed E-state index contributed by atoms with van der Waals surface area (Å²) >= 11 is 0. The van der Waals surface area contributed by atoms with Crippen LogP contribution < -0.4 is 4.74 Å². The number of methoxy groups -OCH3 is 1. The Morgan fingerprint density at radius 1 is 1.20 bits per heavy atom. The summed E-state index contributed by atoms with van der Waals surface area (Å²) in [5.41, 5.74) is 2.46. The minimum Gasteiger partial charge on any atom is -0.507 e. The number of aromatic hydroxyl groups is 1. The molecule has 0 saturated carbocycles. The van der Waals surface area contributed by atoms with E-state index in [1.165, 1.54) is 0 Å². The van der Waals surface area contributed by atoms with Gasteiger partial charge in [-0.3, -0.25) is 4.99 Å². The van der Waals surface area contributed by atoms with Crippen LogP contribution in [0.15, 0.2) is 72.2 Å². The molecule has 0 amide bonds. The van der Waals surface area contributed by atoms with Crippen LogP contribution in [0.25, 0.3) is 0 Å². The zero-order chi connectivity index (χ0) is 17.5. The molecule has 0 aliphatic rings. The number of imidazole rings is 1. The Kier molecular flexibility index (Phi) is 5.46. The third kappa shape index (κ3) is 4.26. The molecule has 3 aromatic rings. The van der Waals surface area contributed by atoms with Gasteiger partial charge in [0.1, 0.15) is 11.5 Å². The number of phenols is 1. The smallest absolute Gasteiger partial charge is 0.128 e. The second-order valence-corrected chi connectivity index (χ2v) is 5.63. The van der Waals surface area contributed by atoms with E-state index >= 15 is 0 Å². The van der Waals surface area contributed by atoms with Crippen molar-refractivity contribution in [2.75, 3.05) is 13.7 Å². The van der Waals surface area contributed by atoms with E-state index in [1.807, 2.05) is 53.2 Å². The molecule has 0 spiro atoms. The molecule has 0 saturated heterocycles. The predicted octanol–water partition coefficient (Wildman–Crippen LogP) is 3.53. The van der Waals surface area contributed by atoms with E-state index in [4.69, 9.17) is 9.73 Å². The van der Waals surface area contributed by atoms with Crippen molar-refractivity contribution in [1.82, 2.24) is 9.55 Å². The molecule has 0 atom stereocenters. The van der Waals surface area contributed by atoms with Gasteiger partial charge in [0.25, 0.3) is 0 Å². The number of hydrogen-bond donors (Lipinski definition) is 1. The largest absolute Gasteiger partial charge is 0.507 e. The van der Waals surface area contributed by atoms with E-state index in [0.29, 0.717) is 17.9 Å². The number of ether oxygens (including phenoxy) is 1. The van der Waals surface area contributed by atoms with Crippen LogP contribution in [-0.2, 0) is 6.54 Å². The number of aliphatic imine (C=N–C) groups is 1. The Morgan fingerprint density at radius 2 is 2.04 bits per heavy atom. The quantitative estimate of drug-likeness (QED) is 0.531. The lowest BCUT2D eigenvalue weighted by Crippen LogP contribution is -2.06. The molecule has 0 unspecified atom stereocenters. The molecule has 1 heterocycles. The van der Waals surface area contributed by atoms with Gasteiger partial charge in [-0.05, 0) is 18.6 Å². The highest BCUT2D eigenvalue weighted by Gasteiger charge is 2.12. The average Bonchev–Trinajstić information content (AvgIpc) is 3.16. The highest BCUT2D eigenvalue weighted by Crippen LogP contribution is 2.26. The fourth-order valence-corrected chi connectivity index (χ4v) is 2.63. The molecule has 25 heavy (non-hydrogen) atoms. The fraction of sp³-hybridized carbons (Fsp3) is 0.200. The van der Waals surface area contributed by atoms with E-state index in [-0.39, 0.29) is 5.75 Å². The number of aromatic nitrogens is 2. The van der Waals surface area contributed by atoms with E-state index in [1.54, 1.807) is 25.7 Å². The third-order valence-corrected chi connectivity index (χ3v) is 3.91. The monoisotopic (exact) mass is 335 g/mol. The summed E-state index contributed by atoms with van der Waals surface area (Å²) in [6.45, 7) is 1.52. The van der Waals surface area contributed by atoms with Crippen LogP contribution in [0.3, 0.4) is 0 Å². The molecule has 128 valence electrons. The number of phenolic OH excluding ortho intramolecular Hbond substituents is 1. The van der Waals surface area contributed by atoms with Crippen molar-refractivity contribution in [3.8, 4) is 11.5 Å². The first-order valence-electron chi connectivity index (χ1n) is 8.21. The Hall–Kier alpha value is -3.08. The lowest BCUT2D eigenvalue weighted by Gasteiger charge is -2.11. The van der Waals surface area contributed by atoms with Gasteiger partial charge in [0.05, 0.1) is 19.1 Å². The standard InChI is InChI=1S/C20H21N3O2/c1-25-17-8-9-18(19(24)14-17)20(16-6-3-2-4-7-16)22-10-5-12-23-13-11-21-15-23/h2-4,6-9,11,13-15,24H,5,10,12H2,1H3. The summed E-state index contributed by atoms with van der Waals surface area (Å²) in [4.78, 5) is 8.80.